The molecule has 1 aromatic heterocycles. The third-order valence-corrected chi connectivity index (χ3v) is 3.16. The van der Waals surface area contributed by atoms with Gasteiger partial charge >= 0.3 is 6.18 Å². The third-order valence-electron chi connectivity index (χ3n) is 2.15. The van der Waals surface area contributed by atoms with E-state index in [1.807, 2.05) is 0 Å². The number of hydrogen-bond donors (Lipinski definition) is 0. The van der Waals surface area contributed by atoms with Crippen LogP contribution in [0.1, 0.15) is 20.8 Å². The number of ketones is 1. The second-order valence-electron chi connectivity index (χ2n) is 3.14. The summed E-state index contributed by atoms with van der Waals surface area (Å²) >= 11 is 1.26. The summed E-state index contributed by atoms with van der Waals surface area (Å²) in [5, 5.41) is 1.43. The van der Waals surface area contributed by atoms with Gasteiger partial charge in [0.2, 0.25) is 0 Å². The van der Waals surface area contributed by atoms with Crippen molar-refractivity contribution in [3.05, 3.63) is 33.5 Å². The predicted octanol–water partition coefficient (Wildman–Crippen LogP) is 3.67. The summed E-state index contributed by atoms with van der Waals surface area (Å²) in [6.45, 7) is 6.17. The molecule has 15 heavy (non-hydrogen) atoms. The van der Waals surface area contributed by atoms with E-state index in [-0.39, 0.29) is 5.56 Å². The molecule has 0 unspecified atom stereocenters. The number of Topliss-reactive ketones (excluding diaryl/α,β-unsaturated/α-hetero) is 1. The molecule has 0 atom stereocenters. The van der Waals surface area contributed by atoms with Crippen LogP contribution in [0.2, 0.25) is 0 Å². The first-order valence-corrected chi connectivity index (χ1v) is 4.98. The van der Waals surface area contributed by atoms with Gasteiger partial charge in [-0.3, -0.25) is 4.79 Å². The summed E-state index contributed by atoms with van der Waals surface area (Å²) in [4.78, 5) is 12.3. The molecule has 0 saturated heterocycles. The van der Waals surface area contributed by atoms with E-state index in [0.717, 1.165) is 4.88 Å². The minimum Gasteiger partial charge on any atom is -0.289 e. The van der Waals surface area contributed by atoms with Crippen molar-refractivity contribution in [3.63, 3.8) is 0 Å². The highest BCUT2D eigenvalue weighted by atomic mass is 32.1. The lowest BCUT2D eigenvalue weighted by Gasteiger charge is -2.08. The number of aryl methyl sites for hydroxylation is 1. The minimum atomic E-state index is -4.65. The molecule has 0 aliphatic heterocycles. The van der Waals surface area contributed by atoms with Gasteiger partial charge in [-0.05, 0) is 19.4 Å². The zero-order chi connectivity index (χ0) is 11.8. The van der Waals surface area contributed by atoms with Crippen molar-refractivity contribution in [1.29, 1.82) is 0 Å². The van der Waals surface area contributed by atoms with Gasteiger partial charge in [0, 0.05) is 15.8 Å². The van der Waals surface area contributed by atoms with Crippen LogP contribution in [0.3, 0.4) is 0 Å². The zero-order valence-electron chi connectivity index (χ0n) is 8.23. The Morgan fingerprint density at radius 2 is 1.93 bits per heavy atom. The zero-order valence-corrected chi connectivity index (χ0v) is 9.05. The molecule has 0 spiro atoms. The molecule has 0 aliphatic rings. The van der Waals surface area contributed by atoms with E-state index in [0.29, 0.717) is 5.56 Å². The van der Waals surface area contributed by atoms with Crippen LogP contribution in [-0.4, -0.2) is 12.0 Å². The molecular weight excluding hydrogens is 225 g/mol. The monoisotopic (exact) mass is 234 g/mol. The number of thiophene rings is 1. The van der Waals surface area contributed by atoms with Crippen LogP contribution >= 0.6 is 11.3 Å². The van der Waals surface area contributed by atoms with Gasteiger partial charge in [-0.25, -0.2) is 0 Å². The fourth-order valence-corrected chi connectivity index (χ4v) is 1.89. The number of allylic oxidation sites excluding steroid dienone is 1. The molecule has 0 radical (unpaired) electrons. The molecule has 1 aromatic rings. The lowest BCUT2D eigenvalue weighted by Crippen LogP contribution is -2.19. The van der Waals surface area contributed by atoms with E-state index in [4.69, 9.17) is 0 Å². The van der Waals surface area contributed by atoms with Gasteiger partial charge in [0.05, 0.1) is 5.57 Å². The van der Waals surface area contributed by atoms with Crippen molar-refractivity contribution in [2.45, 2.75) is 20.0 Å². The van der Waals surface area contributed by atoms with Crippen LogP contribution in [0.25, 0.3) is 0 Å². The average molecular weight is 234 g/mol. The van der Waals surface area contributed by atoms with Crippen LogP contribution in [0.4, 0.5) is 13.2 Å². The van der Waals surface area contributed by atoms with Gasteiger partial charge in [-0.2, -0.15) is 13.2 Å². The molecule has 0 saturated carbocycles. The topological polar surface area (TPSA) is 17.1 Å². The maximum atomic E-state index is 12.2. The normalized spacial score (nSPS) is 11.5. The minimum absolute atomic E-state index is 0.0971. The Balaban J connectivity index is 3.06. The van der Waals surface area contributed by atoms with E-state index in [1.54, 1.807) is 13.8 Å². The van der Waals surface area contributed by atoms with Crippen LogP contribution in [0.15, 0.2) is 17.5 Å². The van der Waals surface area contributed by atoms with Crippen LogP contribution < -0.4 is 0 Å². The summed E-state index contributed by atoms with van der Waals surface area (Å²) in [6.07, 6.45) is -4.65. The number of carbonyl (C=O) groups excluding carboxylic acids is 1. The molecule has 1 nitrogen and oxygen atoms in total. The Bertz CT molecular complexity index is 415. The van der Waals surface area contributed by atoms with E-state index in [1.165, 1.54) is 16.7 Å². The Labute approximate surface area is 89.2 Å². The van der Waals surface area contributed by atoms with E-state index < -0.39 is 17.5 Å². The quantitative estimate of drug-likeness (QED) is 0.563. The van der Waals surface area contributed by atoms with Gasteiger partial charge in [0.1, 0.15) is 0 Å². The van der Waals surface area contributed by atoms with Gasteiger partial charge in [-0.1, -0.05) is 6.58 Å². The fraction of sp³-hybridized carbons (Fsp3) is 0.300. The standard InChI is InChI=1S/C10H9F3OS/c1-5-7(3)15-4-8(5)9(14)6(2)10(11,12)13/h4H,2H2,1,3H3. The molecule has 0 aliphatic carbocycles. The van der Waals surface area contributed by atoms with Gasteiger partial charge in [0.25, 0.3) is 0 Å². The van der Waals surface area contributed by atoms with Crippen molar-refractivity contribution in [1.82, 2.24) is 0 Å². The van der Waals surface area contributed by atoms with Crippen LogP contribution in [0, 0.1) is 13.8 Å². The Hall–Kier alpha value is -1.10. The summed E-state index contributed by atoms with van der Waals surface area (Å²) in [7, 11) is 0. The summed E-state index contributed by atoms with van der Waals surface area (Å²) in [6, 6.07) is 0. The average Bonchev–Trinajstić information content (AvgIpc) is 2.44. The predicted molar refractivity (Wildman–Crippen MR) is 53.3 cm³/mol. The lowest BCUT2D eigenvalue weighted by atomic mass is 10.0. The number of rotatable bonds is 2. The Morgan fingerprint density at radius 1 is 1.40 bits per heavy atom. The van der Waals surface area contributed by atoms with Crippen LogP contribution in [0.5, 0.6) is 0 Å². The SMILES string of the molecule is C=C(C(=O)c1csc(C)c1C)C(F)(F)F. The third kappa shape index (κ3) is 2.28. The largest absolute Gasteiger partial charge is 0.419 e. The van der Waals surface area contributed by atoms with Gasteiger partial charge in [0.15, 0.2) is 5.78 Å². The lowest BCUT2D eigenvalue weighted by molar-refractivity contribution is -0.0883. The van der Waals surface area contributed by atoms with Gasteiger partial charge < -0.3 is 0 Å². The molecule has 1 heterocycles. The molecule has 0 N–H and O–H groups in total. The van der Waals surface area contributed by atoms with Crippen LogP contribution in [-0.2, 0) is 0 Å². The molecule has 0 amide bonds. The maximum absolute atomic E-state index is 12.2. The van der Waals surface area contributed by atoms with Crippen molar-refractivity contribution < 1.29 is 18.0 Å². The highest BCUT2D eigenvalue weighted by Gasteiger charge is 2.37. The first-order chi connectivity index (χ1) is 6.75. The van der Waals surface area contributed by atoms with Crippen molar-refractivity contribution >= 4 is 17.1 Å². The van der Waals surface area contributed by atoms with Gasteiger partial charge in [-0.15, -0.1) is 11.3 Å². The van der Waals surface area contributed by atoms with Crippen molar-refractivity contribution in [2.75, 3.05) is 0 Å². The number of hydrogen-bond acceptors (Lipinski definition) is 2. The van der Waals surface area contributed by atoms with Crippen molar-refractivity contribution in [3.8, 4) is 0 Å². The number of halogens is 3. The second kappa shape index (κ2) is 3.81. The Morgan fingerprint density at radius 3 is 2.27 bits per heavy atom. The second-order valence-corrected chi connectivity index (χ2v) is 4.22. The molecule has 0 bridgehead atoms. The smallest absolute Gasteiger partial charge is 0.289 e. The first-order valence-electron chi connectivity index (χ1n) is 4.10. The maximum Gasteiger partial charge on any atom is 0.419 e. The summed E-state index contributed by atoms with van der Waals surface area (Å²) in [5.74, 6) is -1.04. The fourth-order valence-electron chi connectivity index (χ4n) is 1.03. The highest BCUT2D eigenvalue weighted by molar-refractivity contribution is 7.10. The molecule has 5 heteroatoms. The van der Waals surface area contributed by atoms with E-state index in [2.05, 4.69) is 6.58 Å². The Kier molecular flexibility index (Phi) is 3.04. The van der Waals surface area contributed by atoms with E-state index >= 15 is 0 Å². The highest BCUT2D eigenvalue weighted by Crippen LogP contribution is 2.30. The summed E-state index contributed by atoms with van der Waals surface area (Å²) in [5.41, 5.74) is -0.626. The molecule has 0 aromatic carbocycles. The molecular formula is C10H9F3OS. The van der Waals surface area contributed by atoms with Crippen molar-refractivity contribution in [2.24, 2.45) is 0 Å². The number of alkyl halides is 3. The molecule has 0 fully saturated rings. The molecule has 82 valence electrons. The van der Waals surface area contributed by atoms with E-state index in [9.17, 15) is 18.0 Å². The number of carbonyl (C=O) groups is 1. The first kappa shape index (κ1) is 12.0. The summed E-state index contributed by atoms with van der Waals surface area (Å²) < 4.78 is 36.6. The molecule has 1 rings (SSSR count).